The van der Waals surface area contributed by atoms with Crippen LogP contribution in [0.5, 0.6) is 0 Å². The molecular formula is C17H21N5O. The van der Waals surface area contributed by atoms with Crippen LogP contribution in [0.2, 0.25) is 0 Å². The van der Waals surface area contributed by atoms with Gasteiger partial charge in [0.1, 0.15) is 17.8 Å². The van der Waals surface area contributed by atoms with Gasteiger partial charge in [-0.3, -0.25) is 4.79 Å². The number of terminal acetylenes is 1. The Labute approximate surface area is 135 Å². The SMILES string of the molecule is C#CCC(=O)N1CC[C@@H](C)C(N(C)c2ncnc3[nH]ccc23)C1. The topological polar surface area (TPSA) is 65.1 Å². The van der Waals surface area contributed by atoms with E-state index < -0.39 is 0 Å². The van der Waals surface area contributed by atoms with Crippen LogP contribution in [-0.2, 0) is 4.79 Å². The standard InChI is InChI=1S/C17H21N5O/c1-4-5-15(23)22-9-7-12(2)14(10-22)21(3)17-13-6-8-18-16(13)19-11-20-17/h1,6,8,11-12,14H,5,7,9-10H2,2-3H3,(H,18,19,20)/t12-,14?/m1/s1. The molecule has 1 amide bonds. The Morgan fingerprint density at radius 2 is 2.39 bits per heavy atom. The fourth-order valence-corrected chi connectivity index (χ4v) is 3.28. The lowest BCUT2D eigenvalue weighted by Crippen LogP contribution is -2.52. The number of hydrogen-bond acceptors (Lipinski definition) is 4. The van der Waals surface area contributed by atoms with Crippen LogP contribution in [0.3, 0.4) is 0 Å². The van der Waals surface area contributed by atoms with Gasteiger partial charge in [0.2, 0.25) is 5.91 Å². The number of piperidine rings is 1. The van der Waals surface area contributed by atoms with Gasteiger partial charge in [-0.2, -0.15) is 0 Å². The minimum Gasteiger partial charge on any atom is -0.354 e. The van der Waals surface area contributed by atoms with Gasteiger partial charge in [0.25, 0.3) is 0 Å². The largest absolute Gasteiger partial charge is 0.354 e. The molecule has 2 aromatic heterocycles. The van der Waals surface area contributed by atoms with Crippen LogP contribution in [0.25, 0.3) is 11.0 Å². The summed E-state index contributed by atoms with van der Waals surface area (Å²) in [7, 11) is 2.03. The van der Waals surface area contributed by atoms with Crippen molar-refractivity contribution < 1.29 is 4.79 Å². The second-order valence-corrected chi connectivity index (χ2v) is 6.10. The summed E-state index contributed by atoms with van der Waals surface area (Å²) >= 11 is 0. The Morgan fingerprint density at radius 3 is 3.17 bits per heavy atom. The van der Waals surface area contributed by atoms with Gasteiger partial charge in [-0.25, -0.2) is 9.97 Å². The molecule has 0 saturated carbocycles. The van der Waals surface area contributed by atoms with Gasteiger partial charge in [0, 0.05) is 26.3 Å². The molecule has 0 spiro atoms. The number of carbonyl (C=O) groups is 1. The molecule has 120 valence electrons. The molecular weight excluding hydrogens is 290 g/mol. The van der Waals surface area contributed by atoms with E-state index >= 15 is 0 Å². The van der Waals surface area contributed by atoms with E-state index in [1.807, 2.05) is 24.2 Å². The van der Waals surface area contributed by atoms with Crippen molar-refractivity contribution >= 4 is 22.8 Å². The lowest BCUT2D eigenvalue weighted by Gasteiger charge is -2.42. The number of aromatic amines is 1. The van der Waals surface area contributed by atoms with Crippen molar-refractivity contribution in [3.63, 3.8) is 0 Å². The van der Waals surface area contributed by atoms with E-state index in [9.17, 15) is 4.79 Å². The lowest BCUT2D eigenvalue weighted by atomic mass is 9.92. The number of anilines is 1. The molecule has 2 aromatic rings. The second kappa shape index (κ2) is 6.29. The zero-order chi connectivity index (χ0) is 16.4. The third kappa shape index (κ3) is 2.87. The highest BCUT2D eigenvalue weighted by molar-refractivity contribution is 5.87. The van der Waals surface area contributed by atoms with Crippen molar-refractivity contribution in [2.24, 2.45) is 5.92 Å². The summed E-state index contributed by atoms with van der Waals surface area (Å²) < 4.78 is 0. The molecule has 3 heterocycles. The predicted octanol–water partition coefficient (Wildman–Crippen LogP) is 1.65. The Hall–Kier alpha value is -2.55. The lowest BCUT2D eigenvalue weighted by molar-refractivity contribution is -0.131. The van der Waals surface area contributed by atoms with Crippen LogP contribution in [0.4, 0.5) is 5.82 Å². The molecule has 6 nitrogen and oxygen atoms in total. The fraction of sp³-hybridized carbons (Fsp3) is 0.471. The number of rotatable bonds is 3. The summed E-state index contributed by atoms with van der Waals surface area (Å²) in [4.78, 5) is 27.9. The average molecular weight is 311 g/mol. The van der Waals surface area contributed by atoms with Crippen molar-refractivity contribution in [2.75, 3.05) is 25.0 Å². The molecule has 0 aliphatic carbocycles. The maximum Gasteiger partial charge on any atom is 0.234 e. The number of carbonyl (C=O) groups excluding carboxylic acids is 1. The van der Waals surface area contributed by atoms with Crippen molar-refractivity contribution in [2.45, 2.75) is 25.8 Å². The minimum atomic E-state index is 0.0345. The number of nitrogens with one attached hydrogen (secondary N) is 1. The first-order valence-corrected chi connectivity index (χ1v) is 7.84. The predicted molar refractivity (Wildman–Crippen MR) is 89.9 cm³/mol. The van der Waals surface area contributed by atoms with Crippen molar-refractivity contribution in [1.82, 2.24) is 19.9 Å². The molecule has 0 bridgehead atoms. The Kier molecular flexibility index (Phi) is 4.20. The van der Waals surface area contributed by atoms with Gasteiger partial charge < -0.3 is 14.8 Å². The number of aromatic nitrogens is 3. The quantitative estimate of drug-likeness (QED) is 0.876. The molecule has 1 aliphatic rings. The zero-order valence-electron chi connectivity index (χ0n) is 13.5. The first-order chi connectivity index (χ1) is 11.1. The van der Waals surface area contributed by atoms with E-state index in [1.54, 1.807) is 6.33 Å². The van der Waals surface area contributed by atoms with Gasteiger partial charge in [0.15, 0.2) is 0 Å². The van der Waals surface area contributed by atoms with E-state index in [4.69, 9.17) is 6.42 Å². The highest BCUT2D eigenvalue weighted by Gasteiger charge is 2.32. The summed E-state index contributed by atoms with van der Waals surface area (Å²) in [6, 6.07) is 2.19. The van der Waals surface area contributed by atoms with Crippen LogP contribution >= 0.6 is 0 Å². The molecule has 23 heavy (non-hydrogen) atoms. The van der Waals surface area contributed by atoms with Crippen molar-refractivity contribution in [3.05, 3.63) is 18.6 Å². The molecule has 1 N–H and O–H groups in total. The highest BCUT2D eigenvalue weighted by atomic mass is 16.2. The second-order valence-electron chi connectivity index (χ2n) is 6.10. The van der Waals surface area contributed by atoms with Crippen LogP contribution in [0, 0.1) is 18.3 Å². The molecule has 1 fully saturated rings. The molecule has 2 atom stereocenters. The molecule has 1 saturated heterocycles. The number of H-pyrrole nitrogens is 1. The van der Waals surface area contributed by atoms with Gasteiger partial charge >= 0.3 is 0 Å². The molecule has 3 rings (SSSR count). The summed E-state index contributed by atoms with van der Waals surface area (Å²) in [5.74, 6) is 3.84. The highest BCUT2D eigenvalue weighted by Crippen LogP contribution is 2.28. The normalized spacial score (nSPS) is 21.2. The zero-order valence-corrected chi connectivity index (χ0v) is 13.5. The van der Waals surface area contributed by atoms with Gasteiger partial charge in [-0.15, -0.1) is 6.42 Å². The summed E-state index contributed by atoms with van der Waals surface area (Å²) in [5.41, 5.74) is 0.825. The van der Waals surface area contributed by atoms with Gasteiger partial charge in [-0.1, -0.05) is 12.8 Å². The summed E-state index contributed by atoms with van der Waals surface area (Å²) in [6.45, 7) is 3.67. The molecule has 6 heteroatoms. The van der Waals surface area contributed by atoms with E-state index in [1.165, 1.54) is 0 Å². The monoisotopic (exact) mass is 311 g/mol. The molecule has 0 radical (unpaired) electrons. The maximum absolute atomic E-state index is 12.1. The number of hydrogen-bond donors (Lipinski definition) is 1. The maximum atomic E-state index is 12.1. The number of likely N-dealkylation sites (N-methyl/N-ethyl adjacent to an activating group) is 1. The average Bonchev–Trinajstić information content (AvgIpc) is 3.03. The van der Waals surface area contributed by atoms with Crippen molar-refractivity contribution in [3.8, 4) is 12.3 Å². The first kappa shape index (κ1) is 15.3. The van der Waals surface area contributed by atoms with Crippen LogP contribution in [-0.4, -0.2) is 51.9 Å². The molecule has 1 unspecified atom stereocenters. The van der Waals surface area contributed by atoms with Crippen LogP contribution < -0.4 is 4.90 Å². The van der Waals surface area contributed by atoms with Crippen LogP contribution in [0.1, 0.15) is 19.8 Å². The van der Waals surface area contributed by atoms with E-state index in [0.717, 1.165) is 29.8 Å². The van der Waals surface area contributed by atoms with E-state index in [2.05, 4.69) is 32.7 Å². The van der Waals surface area contributed by atoms with E-state index in [0.29, 0.717) is 12.5 Å². The number of fused-ring (bicyclic) bond motifs is 1. The Balaban J connectivity index is 1.85. The Morgan fingerprint density at radius 1 is 1.57 bits per heavy atom. The van der Waals surface area contributed by atoms with E-state index in [-0.39, 0.29) is 18.4 Å². The first-order valence-electron chi connectivity index (χ1n) is 7.84. The fourth-order valence-electron chi connectivity index (χ4n) is 3.28. The number of nitrogens with zero attached hydrogens (tertiary/aromatic N) is 4. The third-order valence-electron chi connectivity index (χ3n) is 4.69. The smallest absolute Gasteiger partial charge is 0.234 e. The van der Waals surface area contributed by atoms with Crippen LogP contribution in [0.15, 0.2) is 18.6 Å². The summed E-state index contributed by atoms with van der Waals surface area (Å²) in [5, 5.41) is 0.995. The molecule has 0 aromatic carbocycles. The number of likely N-dealkylation sites (tertiary alicyclic amines) is 1. The van der Waals surface area contributed by atoms with Crippen molar-refractivity contribution in [1.29, 1.82) is 0 Å². The van der Waals surface area contributed by atoms with Gasteiger partial charge in [0.05, 0.1) is 17.8 Å². The Bertz CT molecular complexity index is 747. The molecule has 1 aliphatic heterocycles. The minimum absolute atomic E-state index is 0.0345. The summed E-state index contributed by atoms with van der Waals surface area (Å²) in [6.07, 6.45) is 9.84. The van der Waals surface area contributed by atoms with Gasteiger partial charge in [-0.05, 0) is 18.4 Å². The number of amides is 1. The third-order valence-corrected chi connectivity index (χ3v) is 4.69.